The molecule has 1 unspecified atom stereocenters. The van der Waals surface area contributed by atoms with Gasteiger partial charge in [-0.15, -0.1) is 11.3 Å². The molecule has 0 aliphatic carbocycles. The first kappa shape index (κ1) is 16.1. The van der Waals surface area contributed by atoms with Crippen molar-refractivity contribution in [3.63, 3.8) is 0 Å². The van der Waals surface area contributed by atoms with Crippen molar-refractivity contribution in [3.05, 3.63) is 58.9 Å². The molecule has 3 aromatic rings. The predicted molar refractivity (Wildman–Crippen MR) is 89.0 cm³/mol. The Morgan fingerprint density at radius 2 is 1.71 bits per heavy atom. The lowest BCUT2D eigenvalue weighted by atomic mass is 10.3. The van der Waals surface area contributed by atoms with Crippen LogP contribution in [-0.2, 0) is 9.47 Å². The maximum atomic E-state index is 12.2. The first-order chi connectivity index (χ1) is 11.6. The molecule has 0 amide bonds. The minimum absolute atomic E-state index is 0.0471. The van der Waals surface area contributed by atoms with Gasteiger partial charge >= 0.3 is 11.9 Å². The number of hydrogen-bond donors (Lipinski definition) is 0. The number of carbonyl (C=O) groups excluding carboxylic acids is 2. The zero-order valence-corrected chi connectivity index (χ0v) is 13.9. The average molecular weight is 342 g/mol. The summed E-state index contributed by atoms with van der Waals surface area (Å²) in [5, 5.41) is 0.702. The van der Waals surface area contributed by atoms with Crippen LogP contribution < -0.4 is 0 Å². The van der Waals surface area contributed by atoms with Gasteiger partial charge in [-0.2, -0.15) is 0 Å². The molecule has 0 saturated heterocycles. The molecule has 0 fully saturated rings. The van der Waals surface area contributed by atoms with E-state index in [4.69, 9.17) is 4.74 Å². The first-order valence-corrected chi connectivity index (χ1v) is 8.02. The third kappa shape index (κ3) is 3.26. The van der Waals surface area contributed by atoms with Crippen molar-refractivity contribution >= 4 is 33.5 Å². The number of para-hydroxylation sites is 1. The summed E-state index contributed by atoms with van der Waals surface area (Å²) in [5.41, 5.74) is 0.969. The molecule has 0 bridgehead atoms. The van der Waals surface area contributed by atoms with E-state index in [1.807, 2.05) is 24.3 Å². The van der Waals surface area contributed by atoms with Crippen molar-refractivity contribution in [2.75, 3.05) is 7.11 Å². The van der Waals surface area contributed by atoms with E-state index in [0.29, 0.717) is 5.01 Å². The van der Waals surface area contributed by atoms with Crippen molar-refractivity contribution < 1.29 is 19.1 Å². The van der Waals surface area contributed by atoms with Crippen molar-refractivity contribution in [1.82, 2.24) is 9.97 Å². The minimum atomic E-state index is -0.618. The Morgan fingerprint density at radius 3 is 2.42 bits per heavy atom. The van der Waals surface area contributed by atoms with Gasteiger partial charge in [0.2, 0.25) is 0 Å². The van der Waals surface area contributed by atoms with Crippen molar-refractivity contribution in [2.24, 2.45) is 0 Å². The van der Waals surface area contributed by atoms with E-state index < -0.39 is 18.0 Å². The van der Waals surface area contributed by atoms with Crippen LogP contribution in [0.2, 0.25) is 0 Å². The topological polar surface area (TPSA) is 78.4 Å². The summed E-state index contributed by atoms with van der Waals surface area (Å²) >= 11 is 1.47. The van der Waals surface area contributed by atoms with E-state index in [1.165, 1.54) is 30.6 Å². The molecule has 0 spiro atoms. The van der Waals surface area contributed by atoms with E-state index in [1.54, 1.807) is 13.0 Å². The molecule has 1 aromatic carbocycles. The highest BCUT2D eigenvalue weighted by atomic mass is 32.1. The number of thiazole rings is 1. The third-order valence-corrected chi connectivity index (χ3v) is 4.49. The fourth-order valence-corrected chi connectivity index (χ4v) is 3.05. The molecule has 1 atom stereocenters. The standard InChI is InChI=1S/C17H14N2O4S/c1-10(15-19-11-6-3-4-9-14(11)24-15)23-17(21)13-8-5-7-12(18-13)16(20)22-2/h3-10H,1-2H3. The van der Waals surface area contributed by atoms with Crippen LogP contribution in [0.25, 0.3) is 10.2 Å². The fourth-order valence-electron chi connectivity index (χ4n) is 2.10. The van der Waals surface area contributed by atoms with Crippen LogP contribution in [0, 0.1) is 0 Å². The van der Waals surface area contributed by atoms with Crippen LogP contribution in [0.15, 0.2) is 42.5 Å². The van der Waals surface area contributed by atoms with Gasteiger partial charge in [0.1, 0.15) is 16.4 Å². The van der Waals surface area contributed by atoms with Crippen LogP contribution in [0.1, 0.15) is 39.0 Å². The van der Waals surface area contributed by atoms with Crippen molar-refractivity contribution in [2.45, 2.75) is 13.0 Å². The first-order valence-electron chi connectivity index (χ1n) is 7.20. The summed E-state index contributed by atoms with van der Waals surface area (Å²) < 4.78 is 11.0. The number of ether oxygens (including phenoxy) is 2. The second-order valence-corrected chi connectivity index (χ2v) is 6.03. The Bertz CT molecular complexity index is 873. The number of hydrogen-bond acceptors (Lipinski definition) is 7. The lowest BCUT2D eigenvalue weighted by molar-refractivity contribution is 0.0330. The highest BCUT2D eigenvalue weighted by Crippen LogP contribution is 2.28. The summed E-state index contributed by atoms with van der Waals surface area (Å²) in [4.78, 5) is 32.2. The van der Waals surface area contributed by atoms with Gasteiger partial charge in [-0.05, 0) is 31.2 Å². The molecule has 2 heterocycles. The van der Waals surface area contributed by atoms with Crippen molar-refractivity contribution in [3.8, 4) is 0 Å². The van der Waals surface area contributed by atoms with Crippen LogP contribution in [0.5, 0.6) is 0 Å². The zero-order chi connectivity index (χ0) is 17.1. The molecule has 3 rings (SSSR count). The minimum Gasteiger partial charge on any atom is -0.464 e. The van der Waals surface area contributed by atoms with Gasteiger partial charge in [0.25, 0.3) is 0 Å². The van der Waals surface area contributed by atoms with Crippen LogP contribution in [0.4, 0.5) is 0 Å². The van der Waals surface area contributed by atoms with Gasteiger partial charge in [0, 0.05) is 0 Å². The van der Waals surface area contributed by atoms with Crippen molar-refractivity contribution in [1.29, 1.82) is 0 Å². The van der Waals surface area contributed by atoms with E-state index >= 15 is 0 Å². The van der Waals surface area contributed by atoms with Gasteiger partial charge < -0.3 is 9.47 Å². The molecule has 122 valence electrons. The molecule has 24 heavy (non-hydrogen) atoms. The molecular weight excluding hydrogens is 328 g/mol. The largest absolute Gasteiger partial charge is 0.464 e. The van der Waals surface area contributed by atoms with Gasteiger partial charge in [-0.25, -0.2) is 19.6 Å². The molecule has 0 radical (unpaired) electrons. The highest BCUT2D eigenvalue weighted by Gasteiger charge is 2.19. The molecule has 0 aliphatic heterocycles. The SMILES string of the molecule is COC(=O)c1cccc(C(=O)OC(C)c2nc3ccccc3s2)n1. The Labute approximate surface area is 142 Å². The number of aromatic nitrogens is 2. The normalized spacial score (nSPS) is 11.9. The summed E-state index contributed by atoms with van der Waals surface area (Å²) in [6.07, 6.45) is -0.515. The molecule has 2 aromatic heterocycles. The number of pyridine rings is 1. The Morgan fingerprint density at radius 1 is 1.00 bits per heavy atom. The highest BCUT2D eigenvalue weighted by molar-refractivity contribution is 7.18. The van der Waals surface area contributed by atoms with Gasteiger partial charge in [0.05, 0.1) is 17.3 Å². The van der Waals surface area contributed by atoms with Crippen LogP contribution in [-0.4, -0.2) is 29.0 Å². The number of fused-ring (bicyclic) bond motifs is 1. The molecule has 0 N–H and O–H groups in total. The second kappa shape index (κ2) is 6.76. The number of methoxy groups -OCH3 is 1. The van der Waals surface area contributed by atoms with E-state index in [9.17, 15) is 9.59 Å². The van der Waals surface area contributed by atoms with Crippen LogP contribution in [0.3, 0.4) is 0 Å². The lowest BCUT2D eigenvalue weighted by Gasteiger charge is -2.10. The number of carbonyl (C=O) groups is 2. The predicted octanol–water partition coefficient (Wildman–Crippen LogP) is 3.40. The van der Waals surface area contributed by atoms with E-state index in [-0.39, 0.29) is 11.4 Å². The van der Waals surface area contributed by atoms with Crippen LogP contribution >= 0.6 is 11.3 Å². The fraction of sp³-hybridized carbons (Fsp3) is 0.176. The van der Waals surface area contributed by atoms with Gasteiger partial charge in [-0.1, -0.05) is 18.2 Å². The molecule has 0 aliphatic rings. The maximum Gasteiger partial charge on any atom is 0.357 e. The Kier molecular flexibility index (Phi) is 4.52. The van der Waals surface area contributed by atoms with E-state index in [0.717, 1.165) is 10.2 Å². The molecule has 7 heteroatoms. The Balaban J connectivity index is 1.77. The summed E-state index contributed by atoms with van der Waals surface area (Å²) in [7, 11) is 1.25. The summed E-state index contributed by atoms with van der Waals surface area (Å²) in [5.74, 6) is -1.23. The summed E-state index contributed by atoms with van der Waals surface area (Å²) in [6, 6.07) is 12.2. The zero-order valence-electron chi connectivity index (χ0n) is 13.1. The van der Waals surface area contributed by atoms with E-state index in [2.05, 4.69) is 14.7 Å². The molecule has 0 saturated carbocycles. The number of esters is 2. The van der Waals surface area contributed by atoms with Gasteiger partial charge in [0.15, 0.2) is 6.10 Å². The number of rotatable bonds is 4. The summed E-state index contributed by atoms with van der Waals surface area (Å²) in [6.45, 7) is 1.75. The maximum absolute atomic E-state index is 12.2. The Hall–Kier alpha value is -2.80. The smallest absolute Gasteiger partial charge is 0.357 e. The number of benzene rings is 1. The third-order valence-electron chi connectivity index (χ3n) is 3.29. The monoisotopic (exact) mass is 342 g/mol. The molecular formula is C17H14N2O4S. The lowest BCUT2D eigenvalue weighted by Crippen LogP contribution is -2.13. The average Bonchev–Trinajstić information content (AvgIpc) is 3.05. The quantitative estimate of drug-likeness (QED) is 0.676. The molecule has 6 nitrogen and oxygen atoms in total. The number of nitrogens with zero attached hydrogens (tertiary/aromatic N) is 2. The van der Waals surface area contributed by atoms with Gasteiger partial charge in [-0.3, -0.25) is 0 Å². The second-order valence-electron chi connectivity index (χ2n) is 4.97.